The molecule has 0 saturated carbocycles. The summed E-state index contributed by atoms with van der Waals surface area (Å²) in [7, 11) is 0. The van der Waals surface area contributed by atoms with Crippen LogP contribution < -0.4 is 15.8 Å². The second-order valence-corrected chi connectivity index (χ2v) is 4.57. The van der Waals surface area contributed by atoms with Crippen molar-refractivity contribution in [3.63, 3.8) is 0 Å². The fraction of sp³-hybridized carbons (Fsp3) is 0.188. The Kier molecular flexibility index (Phi) is 4.90. The van der Waals surface area contributed by atoms with Crippen molar-refractivity contribution in [2.24, 2.45) is 5.73 Å². The molecule has 0 radical (unpaired) electrons. The number of para-hydroxylation sites is 1. The maximum atomic E-state index is 13.1. The molecule has 2 aromatic carbocycles. The van der Waals surface area contributed by atoms with Crippen LogP contribution in [0.1, 0.15) is 12.5 Å². The second-order valence-electron chi connectivity index (χ2n) is 4.57. The summed E-state index contributed by atoms with van der Waals surface area (Å²) in [5.41, 5.74) is 6.76. The van der Waals surface area contributed by atoms with Crippen molar-refractivity contribution in [2.75, 3.05) is 5.32 Å². The molecule has 1 amide bonds. The number of hydrogen-bond acceptors (Lipinski definition) is 3. The Bertz CT molecular complexity index is 617. The summed E-state index contributed by atoms with van der Waals surface area (Å²) < 4.78 is 18.7. The quantitative estimate of drug-likeness (QED) is 0.889. The van der Waals surface area contributed by atoms with Crippen LogP contribution in [0, 0.1) is 5.82 Å². The summed E-state index contributed by atoms with van der Waals surface area (Å²) in [5, 5.41) is 2.74. The van der Waals surface area contributed by atoms with Gasteiger partial charge in [-0.1, -0.05) is 18.2 Å². The number of nitrogens with two attached hydrogens (primary N) is 1. The Morgan fingerprint density at radius 1 is 1.29 bits per heavy atom. The third kappa shape index (κ3) is 4.03. The molecule has 4 nitrogen and oxygen atoms in total. The summed E-state index contributed by atoms with van der Waals surface area (Å²) in [4.78, 5) is 12.0. The first-order valence-corrected chi connectivity index (χ1v) is 6.61. The van der Waals surface area contributed by atoms with Crippen molar-refractivity contribution in [3.05, 3.63) is 59.9 Å². The van der Waals surface area contributed by atoms with Gasteiger partial charge in [0, 0.05) is 17.8 Å². The molecule has 0 heterocycles. The average Bonchev–Trinajstić information content (AvgIpc) is 2.49. The van der Waals surface area contributed by atoms with E-state index in [9.17, 15) is 9.18 Å². The van der Waals surface area contributed by atoms with E-state index in [0.717, 1.165) is 0 Å². The summed E-state index contributed by atoms with van der Waals surface area (Å²) in [6.07, 6.45) is -0.721. The number of hydrogen-bond donors (Lipinski definition) is 2. The van der Waals surface area contributed by atoms with Crippen LogP contribution in [0.2, 0.25) is 0 Å². The van der Waals surface area contributed by atoms with Crippen LogP contribution in [0.3, 0.4) is 0 Å². The van der Waals surface area contributed by atoms with Gasteiger partial charge in [-0.25, -0.2) is 4.39 Å². The SMILES string of the molecule is CC(Oc1ccc(F)cc1CN)C(=O)Nc1ccccc1. The zero-order chi connectivity index (χ0) is 15.2. The second kappa shape index (κ2) is 6.85. The molecule has 1 atom stereocenters. The van der Waals surface area contributed by atoms with E-state index >= 15 is 0 Å². The van der Waals surface area contributed by atoms with E-state index in [-0.39, 0.29) is 18.3 Å². The number of anilines is 1. The molecular weight excluding hydrogens is 271 g/mol. The zero-order valence-corrected chi connectivity index (χ0v) is 11.7. The van der Waals surface area contributed by atoms with Crippen LogP contribution in [0.5, 0.6) is 5.75 Å². The Balaban J connectivity index is 2.04. The van der Waals surface area contributed by atoms with E-state index in [1.165, 1.54) is 18.2 Å². The molecule has 0 spiro atoms. The van der Waals surface area contributed by atoms with Crippen LogP contribution in [0.15, 0.2) is 48.5 Å². The van der Waals surface area contributed by atoms with Gasteiger partial charge in [-0.05, 0) is 37.3 Å². The Hall–Kier alpha value is -2.40. The fourth-order valence-electron chi connectivity index (χ4n) is 1.83. The highest BCUT2D eigenvalue weighted by atomic mass is 19.1. The molecule has 0 aliphatic rings. The van der Waals surface area contributed by atoms with Crippen molar-refractivity contribution in [1.29, 1.82) is 0 Å². The molecule has 0 aliphatic carbocycles. The van der Waals surface area contributed by atoms with E-state index in [1.807, 2.05) is 18.2 Å². The standard InChI is InChI=1S/C16H17FN2O2/c1-11(16(20)19-14-5-3-2-4-6-14)21-15-8-7-13(17)9-12(15)10-18/h2-9,11H,10,18H2,1H3,(H,19,20). The van der Waals surface area contributed by atoms with Crippen molar-refractivity contribution in [1.82, 2.24) is 0 Å². The Morgan fingerprint density at radius 2 is 2.00 bits per heavy atom. The van der Waals surface area contributed by atoms with Crippen LogP contribution in [0.25, 0.3) is 0 Å². The predicted molar refractivity (Wildman–Crippen MR) is 79.5 cm³/mol. The molecule has 0 aromatic heterocycles. The maximum absolute atomic E-state index is 13.1. The lowest BCUT2D eigenvalue weighted by Gasteiger charge is -2.17. The molecule has 0 saturated heterocycles. The minimum Gasteiger partial charge on any atom is -0.481 e. The highest BCUT2D eigenvalue weighted by molar-refractivity contribution is 5.94. The molecule has 2 aromatic rings. The smallest absolute Gasteiger partial charge is 0.265 e. The molecule has 21 heavy (non-hydrogen) atoms. The number of amides is 1. The molecule has 0 fully saturated rings. The average molecular weight is 288 g/mol. The predicted octanol–water partition coefficient (Wildman–Crippen LogP) is 2.69. The highest BCUT2D eigenvalue weighted by Gasteiger charge is 2.16. The fourth-order valence-corrected chi connectivity index (χ4v) is 1.83. The zero-order valence-electron chi connectivity index (χ0n) is 11.7. The van der Waals surface area contributed by atoms with Crippen LogP contribution in [-0.2, 0) is 11.3 Å². The first kappa shape index (κ1) is 15.0. The van der Waals surface area contributed by atoms with Gasteiger partial charge in [0.05, 0.1) is 0 Å². The third-order valence-corrected chi connectivity index (χ3v) is 2.96. The van der Waals surface area contributed by atoms with Gasteiger partial charge in [-0.3, -0.25) is 4.79 Å². The van der Waals surface area contributed by atoms with Crippen molar-refractivity contribution in [2.45, 2.75) is 19.6 Å². The number of rotatable bonds is 5. The van der Waals surface area contributed by atoms with Gasteiger partial charge in [0.1, 0.15) is 11.6 Å². The summed E-state index contributed by atoms with van der Waals surface area (Å²) >= 11 is 0. The lowest BCUT2D eigenvalue weighted by atomic mass is 10.2. The monoisotopic (exact) mass is 288 g/mol. The van der Waals surface area contributed by atoms with Gasteiger partial charge in [0.15, 0.2) is 6.10 Å². The minimum absolute atomic E-state index is 0.139. The number of carbonyl (C=O) groups is 1. The molecule has 5 heteroatoms. The van der Waals surface area contributed by atoms with E-state index in [2.05, 4.69) is 5.32 Å². The van der Waals surface area contributed by atoms with E-state index in [1.54, 1.807) is 19.1 Å². The first-order chi connectivity index (χ1) is 10.1. The van der Waals surface area contributed by atoms with E-state index in [0.29, 0.717) is 17.0 Å². The molecule has 2 rings (SSSR count). The van der Waals surface area contributed by atoms with Gasteiger partial charge in [0.25, 0.3) is 5.91 Å². The van der Waals surface area contributed by atoms with E-state index < -0.39 is 6.10 Å². The first-order valence-electron chi connectivity index (χ1n) is 6.61. The molecule has 110 valence electrons. The Labute approximate surface area is 122 Å². The van der Waals surface area contributed by atoms with Crippen LogP contribution in [-0.4, -0.2) is 12.0 Å². The van der Waals surface area contributed by atoms with Gasteiger partial charge < -0.3 is 15.8 Å². The van der Waals surface area contributed by atoms with Crippen LogP contribution in [0.4, 0.5) is 10.1 Å². The number of ether oxygens (including phenoxy) is 1. The summed E-state index contributed by atoms with van der Waals surface area (Å²) in [6.45, 7) is 1.77. The minimum atomic E-state index is -0.721. The van der Waals surface area contributed by atoms with Crippen molar-refractivity contribution < 1.29 is 13.9 Å². The lowest BCUT2D eigenvalue weighted by Crippen LogP contribution is -2.30. The number of nitrogens with one attached hydrogen (secondary N) is 1. The number of halogens is 1. The summed E-state index contributed by atoms with van der Waals surface area (Å²) in [5.74, 6) is -0.257. The molecular formula is C16H17FN2O2. The summed E-state index contributed by atoms with van der Waals surface area (Å²) in [6, 6.07) is 13.1. The van der Waals surface area contributed by atoms with Crippen molar-refractivity contribution in [3.8, 4) is 5.75 Å². The Morgan fingerprint density at radius 3 is 2.67 bits per heavy atom. The third-order valence-electron chi connectivity index (χ3n) is 2.96. The van der Waals surface area contributed by atoms with Gasteiger partial charge in [-0.2, -0.15) is 0 Å². The number of benzene rings is 2. The molecule has 0 bridgehead atoms. The van der Waals surface area contributed by atoms with Crippen LogP contribution >= 0.6 is 0 Å². The van der Waals surface area contributed by atoms with Crippen molar-refractivity contribution >= 4 is 11.6 Å². The number of carbonyl (C=O) groups excluding carboxylic acids is 1. The lowest BCUT2D eigenvalue weighted by molar-refractivity contribution is -0.122. The highest BCUT2D eigenvalue weighted by Crippen LogP contribution is 2.21. The normalized spacial score (nSPS) is 11.8. The van der Waals surface area contributed by atoms with Gasteiger partial charge in [-0.15, -0.1) is 0 Å². The van der Waals surface area contributed by atoms with E-state index in [4.69, 9.17) is 10.5 Å². The van der Waals surface area contributed by atoms with Gasteiger partial charge in [0.2, 0.25) is 0 Å². The molecule has 1 unspecified atom stereocenters. The molecule has 3 N–H and O–H groups in total. The molecule has 0 aliphatic heterocycles. The van der Waals surface area contributed by atoms with Gasteiger partial charge >= 0.3 is 0 Å². The largest absolute Gasteiger partial charge is 0.481 e. The maximum Gasteiger partial charge on any atom is 0.265 e. The topological polar surface area (TPSA) is 64.3 Å².